The molecule has 6 nitrogen and oxygen atoms in total. The molecule has 0 aliphatic heterocycles. The number of allylic oxidation sites excluding steroid dienone is 2. The lowest BCUT2D eigenvalue weighted by atomic mass is 10.0. The highest BCUT2D eigenvalue weighted by atomic mass is 16.5. The van der Waals surface area contributed by atoms with E-state index in [2.05, 4.69) is 31.3 Å². The maximum Gasteiger partial charge on any atom is 0.305 e. The van der Waals surface area contributed by atoms with Crippen LogP contribution in [0.2, 0.25) is 0 Å². The molecule has 0 aliphatic carbocycles. The van der Waals surface area contributed by atoms with Gasteiger partial charge in [-0.3, -0.25) is 9.59 Å². The minimum atomic E-state index is -0.669. The molecule has 0 bridgehead atoms. The first-order valence-electron chi connectivity index (χ1n) is 27.9. The summed E-state index contributed by atoms with van der Waals surface area (Å²) in [6, 6.07) is -0.547. The van der Waals surface area contributed by atoms with Gasteiger partial charge in [0.15, 0.2) is 0 Å². The summed E-state index contributed by atoms with van der Waals surface area (Å²) in [5.41, 5.74) is 0. The van der Waals surface area contributed by atoms with Crippen LogP contribution in [0.5, 0.6) is 0 Å². The zero-order chi connectivity index (χ0) is 45.1. The minimum absolute atomic E-state index is 0.00797. The Bertz CT molecular complexity index is 924. The first-order chi connectivity index (χ1) is 30.5. The van der Waals surface area contributed by atoms with Gasteiger partial charge in [0, 0.05) is 12.8 Å². The maximum atomic E-state index is 12.5. The molecule has 0 aromatic heterocycles. The van der Waals surface area contributed by atoms with Crippen LogP contribution in [-0.2, 0) is 14.3 Å². The standard InChI is InChI=1S/C56H109NO5/c1-3-5-7-9-11-13-15-17-18-19-21-25-28-32-36-40-44-48-54(59)53(52-58)57-55(60)49-45-41-37-33-29-26-22-20-23-27-31-35-39-43-47-51-62-56(61)50-46-42-38-34-30-24-16-14-12-10-8-6-4-2/h14,16,53-54,58-59H,3-13,15,17-52H2,1-2H3,(H,57,60)/b16-14-. The molecule has 0 aromatic rings. The Morgan fingerprint density at radius 3 is 1.16 bits per heavy atom. The molecule has 0 saturated carbocycles. The highest BCUT2D eigenvalue weighted by Gasteiger charge is 2.20. The number of carbonyl (C=O) groups is 2. The monoisotopic (exact) mass is 876 g/mol. The number of amides is 1. The predicted molar refractivity (Wildman–Crippen MR) is 269 cm³/mol. The van der Waals surface area contributed by atoms with Crippen molar-refractivity contribution in [3.63, 3.8) is 0 Å². The number of unbranched alkanes of at least 4 members (excludes halogenated alkanes) is 39. The van der Waals surface area contributed by atoms with Crippen LogP contribution in [0.1, 0.15) is 309 Å². The smallest absolute Gasteiger partial charge is 0.305 e. The number of rotatable bonds is 52. The molecule has 0 saturated heterocycles. The second-order valence-electron chi connectivity index (χ2n) is 19.3. The van der Waals surface area contributed by atoms with Crippen LogP contribution in [0.4, 0.5) is 0 Å². The summed E-state index contributed by atoms with van der Waals surface area (Å²) in [4.78, 5) is 24.5. The second kappa shape index (κ2) is 52.2. The molecule has 62 heavy (non-hydrogen) atoms. The van der Waals surface area contributed by atoms with E-state index in [4.69, 9.17) is 4.74 Å². The number of ether oxygens (including phenoxy) is 1. The van der Waals surface area contributed by atoms with Gasteiger partial charge < -0.3 is 20.3 Å². The van der Waals surface area contributed by atoms with E-state index in [0.717, 1.165) is 51.4 Å². The number of carbonyl (C=O) groups excluding carboxylic acids is 2. The first kappa shape index (κ1) is 60.6. The van der Waals surface area contributed by atoms with Gasteiger partial charge in [0.2, 0.25) is 5.91 Å². The van der Waals surface area contributed by atoms with E-state index in [9.17, 15) is 19.8 Å². The normalized spacial score (nSPS) is 12.6. The summed E-state index contributed by atoms with van der Waals surface area (Å²) in [6.07, 6.45) is 60.4. The van der Waals surface area contributed by atoms with Crippen LogP contribution >= 0.6 is 0 Å². The zero-order valence-corrected chi connectivity index (χ0v) is 41.9. The van der Waals surface area contributed by atoms with Crippen molar-refractivity contribution in [1.82, 2.24) is 5.32 Å². The molecular weight excluding hydrogens is 767 g/mol. The topological polar surface area (TPSA) is 95.9 Å². The Morgan fingerprint density at radius 1 is 0.435 bits per heavy atom. The van der Waals surface area contributed by atoms with Crippen LogP contribution in [0.3, 0.4) is 0 Å². The molecule has 0 rings (SSSR count). The summed E-state index contributed by atoms with van der Waals surface area (Å²) < 4.78 is 5.46. The van der Waals surface area contributed by atoms with Crippen LogP contribution in [-0.4, -0.2) is 47.4 Å². The fraction of sp³-hybridized carbons (Fsp3) is 0.929. The number of hydrogen-bond acceptors (Lipinski definition) is 5. The van der Waals surface area contributed by atoms with Crippen molar-refractivity contribution in [3.8, 4) is 0 Å². The van der Waals surface area contributed by atoms with Gasteiger partial charge in [0.05, 0.1) is 25.4 Å². The highest BCUT2D eigenvalue weighted by Crippen LogP contribution is 2.17. The summed E-state index contributed by atoms with van der Waals surface area (Å²) in [5, 5.41) is 23.3. The molecule has 0 heterocycles. The van der Waals surface area contributed by atoms with Gasteiger partial charge in [-0.1, -0.05) is 257 Å². The Morgan fingerprint density at radius 2 is 0.758 bits per heavy atom. The summed E-state index contributed by atoms with van der Waals surface area (Å²) in [7, 11) is 0. The third-order valence-electron chi connectivity index (χ3n) is 13.1. The van der Waals surface area contributed by atoms with Crippen molar-refractivity contribution in [3.05, 3.63) is 12.2 Å². The number of aliphatic hydroxyl groups is 2. The second-order valence-corrected chi connectivity index (χ2v) is 19.3. The zero-order valence-electron chi connectivity index (χ0n) is 41.9. The van der Waals surface area contributed by atoms with Crippen molar-refractivity contribution in [2.24, 2.45) is 0 Å². The third kappa shape index (κ3) is 48.1. The Hall–Kier alpha value is -1.40. The lowest BCUT2D eigenvalue weighted by Gasteiger charge is -2.22. The Balaban J connectivity index is 3.43. The van der Waals surface area contributed by atoms with E-state index in [-0.39, 0.29) is 18.5 Å². The van der Waals surface area contributed by atoms with E-state index in [1.54, 1.807) is 0 Å². The van der Waals surface area contributed by atoms with Crippen molar-refractivity contribution in [2.45, 2.75) is 321 Å². The molecule has 6 heteroatoms. The lowest BCUT2D eigenvalue weighted by Crippen LogP contribution is -2.45. The quantitative estimate of drug-likeness (QED) is 0.0321. The van der Waals surface area contributed by atoms with Crippen molar-refractivity contribution < 1.29 is 24.5 Å². The van der Waals surface area contributed by atoms with Gasteiger partial charge in [-0.15, -0.1) is 0 Å². The van der Waals surface area contributed by atoms with E-state index < -0.39 is 12.1 Å². The predicted octanol–water partition coefficient (Wildman–Crippen LogP) is 16.9. The van der Waals surface area contributed by atoms with Gasteiger partial charge >= 0.3 is 5.97 Å². The van der Waals surface area contributed by atoms with Gasteiger partial charge in [-0.05, 0) is 51.4 Å². The summed E-state index contributed by atoms with van der Waals surface area (Å²) >= 11 is 0. The minimum Gasteiger partial charge on any atom is -0.466 e. The average molecular weight is 876 g/mol. The molecule has 0 aliphatic rings. The molecule has 0 spiro atoms. The highest BCUT2D eigenvalue weighted by molar-refractivity contribution is 5.76. The van der Waals surface area contributed by atoms with Crippen molar-refractivity contribution >= 4 is 11.9 Å². The van der Waals surface area contributed by atoms with Gasteiger partial charge in [0.1, 0.15) is 0 Å². The molecule has 368 valence electrons. The average Bonchev–Trinajstić information content (AvgIpc) is 3.27. The van der Waals surface area contributed by atoms with Crippen LogP contribution in [0.15, 0.2) is 12.2 Å². The molecule has 1 amide bonds. The lowest BCUT2D eigenvalue weighted by molar-refractivity contribution is -0.143. The molecule has 2 unspecified atom stereocenters. The molecule has 2 atom stereocenters. The fourth-order valence-corrected chi connectivity index (χ4v) is 8.75. The number of hydrogen-bond donors (Lipinski definition) is 3. The fourth-order valence-electron chi connectivity index (χ4n) is 8.75. The van der Waals surface area contributed by atoms with Crippen LogP contribution < -0.4 is 5.32 Å². The first-order valence-corrected chi connectivity index (χ1v) is 27.9. The number of nitrogens with one attached hydrogen (secondary N) is 1. The Kier molecular flexibility index (Phi) is 51.0. The molecule has 0 radical (unpaired) electrons. The maximum absolute atomic E-state index is 12.5. The summed E-state index contributed by atoms with van der Waals surface area (Å²) in [5.74, 6) is -0.0494. The molecular formula is C56H109NO5. The molecule has 0 fully saturated rings. The van der Waals surface area contributed by atoms with E-state index >= 15 is 0 Å². The van der Waals surface area contributed by atoms with Crippen LogP contribution in [0, 0.1) is 0 Å². The van der Waals surface area contributed by atoms with Gasteiger partial charge in [-0.2, -0.15) is 0 Å². The third-order valence-corrected chi connectivity index (χ3v) is 13.1. The molecule has 0 aromatic carbocycles. The number of esters is 1. The van der Waals surface area contributed by atoms with Crippen molar-refractivity contribution in [1.29, 1.82) is 0 Å². The van der Waals surface area contributed by atoms with E-state index in [1.807, 2.05) is 0 Å². The van der Waals surface area contributed by atoms with Crippen LogP contribution in [0.25, 0.3) is 0 Å². The van der Waals surface area contributed by atoms with E-state index in [1.165, 1.54) is 225 Å². The SMILES string of the molecule is CCCCCC/C=C\CCCCCCCC(=O)OCCCCCCCCCCCCCCCCCC(=O)NC(CO)C(O)CCCCCCCCCCCCCCCCCCC. The van der Waals surface area contributed by atoms with Gasteiger partial charge in [-0.25, -0.2) is 0 Å². The summed E-state index contributed by atoms with van der Waals surface area (Å²) in [6.45, 7) is 4.93. The van der Waals surface area contributed by atoms with Crippen molar-refractivity contribution in [2.75, 3.05) is 13.2 Å². The Labute approximate surface area is 387 Å². The van der Waals surface area contributed by atoms with Gasteiger partial charge in [0.25, 0.3) is 0 Å². The molecule has 3 N–H and O–H groups in total. The number of aliphatic hydroxyl groups excluding tert-OH is 2. The van der Waals surface area contributed by atoms with E-state index in [0.29, 0.717) is 25.9 Å². The largest absolute Gasteiger partial charge is 0.466 e.